The summed E-state index contributed by atoms with van der Waals surface area (Å²) in [5.74, 6) is -1.27. The molecule has 3 heterocycles. The van der Waals surface area contributed by atoms with Gasteiger partial charge < -0.3 is 15.2 Å². The van der Waals surface area contributed by atoms with Gasteiger partial charge in [0.1, 0.15) is 0 Å². The predicted octanol–water partition coefficient (Wildman–Crippen LogP) is 2.48. The van der Waals surface area contributed by atoms with Crippen molar-refractivity contribution >= 4 is 23.2 Å². The molecule has 0 aromatic carbocycles. The third-order valence-electron chi connectivity index (χ3n) is 4.12. The van der Waals surface area contributed by atoms with Crippen LogP contribution in [0.5, 0.6) is 0 Å². The molecule has 0 spiro atoms. The lowest BCUT2D eigenvalue weighted by Gasteiger charge is -2.27. The molecule has 1 atom stereocenters. The van der Waals surface area contributed by atoms with Crippen LogP contribution in [0.2, 0.25) is 0 Å². The van der Waals surface area contributed by atoms with E-state index < -0.39 is 11.5 Å². The van der Waals surface area contributed by atoms with E-state index in [0.717, 1.165) is 11.3 Å². The van der Waals surface area contributed by atoms with Crippen molar-refractivity contribution in [1.82, 2.24) is 10.3 Å². The Labute approximate surface area is 143 Å². The van der Waals surface area contributed by atoms with E-state index in [4.69, 9.17) is 9.84 Å². The number of nitrogens with zero attached hydrogens (tertiary/aromatic N) is 1. The number of thiophene rings is 1. The summed E-state index contributed by atoms with van der Waals surface area (Å²) in [5, 5.41) is 15.9. The van der Waals surface area contributed by atoms with Crippen LogP contribution in [0.1, 0.15) is 28.9 Å². The van der Waals surface area contributed by atoms with Crippen molar-refractivity contribution in [2.75, 3.05) is 13.2 Å². The van der Waals surface area contributed by atoms with Crippen molar-refractivity contribution < 1.29 is 19.4 Å². The second-order valence-corrected chi connectivity index (χ2v) is 6.73. The summed E-state index contributed by atoms with van der Waals surface area (Å²) in [6.45, 7) is 2.44. The van der Waals surface area contributed by atoms with Crippen LogP contribution in [-0.4, -0.2) is 40.7 Å². The number of carboxylic acids is 1. The van der Waals surface area contributed by atoms with Gasteiger partial charge in [0.05, 0.1) is 35.5 Å². The van der Waals surface area contributed by atoms with Crippen LogP contribution in [0.25, 0.3) is 11.3 Å². The number of hydrogen-bond acceptors (Lipinski definition) is 5. The van der Waals surface area contributed by atoms with Crippen molar-refractivity contribution in [3.8, 4) is 11.3 Å². The summed E-state index contributed by atoms with van der Waals surface area (Å²) in [6.07, 6.45) is 0.336. The van der Waals surface area contributed by atoms with E-state index >= 15 is 0 Å². The van der Waals surface area contributed by atoms with Gasteiger partial charge in [0.15, 0.2) is 0 Å². The predicted molar refractivity (Wildman–Crippen MR) is 90.2 cm³/mol. The Kier molecular flexibility index (Phi) is 4.64. The summed E-state index contributed by atoms with van der Waals surface area (Å²) in [7, 11) is 0. The second kappa shape index (κ2) is 6.70. The van der Waals surface area contributed by atoms with Crippen LogP contribution in [-0.2, 0) is 9.53 Å². The molecule has 126 valence electrons. The number of pyridine rings is 1. The number of aliphatic carboxylic acids is 1. The van der Waals surface area contributed by atoms with Crippen LogP contribution in [0.4, 0.5) is 0 Å². The van der Waals surface area contributed by atoms with Gasteiger partial charge in [0, 0.05) is 17.6 Å². The first-order valence-electron chi connectivity index (χ1n) is 7.61. The molecule has 0 radical (unpaired) electrons. The van der Waals surface area contributed by atoms with E-state index in [2.05, 4.69) is 10.3 Å². The van der Waals surface area contributed by atoms with Gasteiger partial charge in [-0.05, 0) is 36.9 Å². The average Bonchev–Trinajstić information content (AvgIpc) is 3.18. The first kappa shape index (κ1) is 16.6. The third-order valence-corrected chi connectivity index (χ3v) is 4.80. The molecule has 1 saturated heterocycles. The molecular formula is C17H18N2O4S. The van der Waals surface area contributed by atoms with Gasteiger partial charge >= 0.3 is 5.97 Å². The fourth-order valence-electron chi connectivity index (χ4n) is 2.86. The number of carbonyl (C=O) groups is 2. The van der Waals surface area contributed by atoms with Gasteiger partial charge in [-0.1, -0.05) is 0 Å². The SMILES string of the molecule is Cc1nc(-c2ccsc2)ccc1C(=O)NC1(CC(=O)O)CCOC1. The van der Waals surface area contributed by atoms with Crippen molar-refractivity contribution in [3.05, 3.63) is 40.2 Å². The Bertz CT molecular complexity index is 752. The highest BCUT2D eigenvalue weighted by Gasteiger charge is 2.39. The summed E-state index contributed by atoms with van der Waals surface area (Å²) >= 11 is 1.59. The Morgan fingerprint density at radius 2 is 2.25 bits per heavy atom. The first-order chi connectivity index (χ1) is 11.5. The number of carbonyl (C=O) groups excluding carboxylic acids is 1. The smallest absolute Gasteiger partial charge is 0.305 e. The van der Waals surface area contributed by atoms with Gasteiger partial charge in [0.25, 0.3) is 5.91 Å². The lowest BCUT2D eigenvalue weighted by molar-refractivity contribution is -0.138. The van der Waals surface area contributed by atoms with Crippen LogP contribution >= 0.6 is 11.3 Å². The molecule has 3 rings (SSSR count). The highest BCUT2D eigenvalue weighted by molar-refractivity contribution is 7.08. The van der Waals surface area contributed by atoms with E-state index in [1.54, 1.807) is 30.4 Å². The van der Waals surface area contributed by atoms with E-state index in [9.17, 15) is 9.59 Å². The second-order valence-electron chi connectivity index (χ2n) is 5.95. The maximum atomic E-state index is 12.6. The van der Waals surface area contributed by atoms with Gasteiger partial charge in [-0.3, -0.25) is 14.6 Å². The molecule has 1 fully saturated rings. The quantitative estimate of drug-likeness (QED) is 0.868. The third kappa shape index (κ3) is 3.47. The van der Waals surface area contributed by atoms with Crippen LogP contribution < -0.4 is 5.32 Å². The number of ether oxygens (including phenoxy) is 1. The van der Waals surface area contributed by atoms with Gasteiger partial charge in [-0.15, -0.1) is 0 Å². The molecule has 24 heavy (non-hydrogen) atoms. The molecule has 1 aliphatic rings. The van der Waals surface area contributed by atoms with E-state index in [0.29, 0.717) is 24.3 Å². The number of hydrogen-bond donors (Lipinski definition) is 2. The number of carboxylic acid groups (broad SMARTS) is 1. The Hall–Kier alpha value is -2.25. The summed E-state index contributed by atoms with van der Waals surface area (Å²) in [4.78, 5) is 28.2. The molecule has 2 aromatic rings. The molecule has 6 nitrogen and oxygen atoms in total. The number of nitrogens with one attached hydrogen (secondary N) is 1. The lowest BCUT2D eigenvalue weighted by Crippen LogP contribution is -2.50. The molecule has 2 aromatic heterocycles. The Balaban J connectivity index is 1.80. The van der Waals surface area contributed by atoms with Crippen molar-refractivity contribution in [2.24, 2.45) is 0 Å². The maximum absolute atomic E-state index is 12.6. The van der Waals surface area contributed by atoms with E-state index in [-0.39, 0.29) is 18.9 Å². The Morgan fingerprint density at radius 1 is 1.42 bits per heavy atom. The summed E-state index contributed by atoms with van der Waals surface area (Å²) < 4.78 is 5.30. The zero-order valence-electron chi connectivity index (χ0n) is 13.2. The Morgan fingerprint density at radius 3 is 2.83 bits per heavy atom. The zero-order chi connectivity index (χ0) is 17.2. The molecule has 1 aliphatic heterocycles. The fraction of sp³-hybridized carbons (Fsp3) is 0.353. The van der Waals surface area contributed by atoms with Crippen LogP contribution in [0.15, 0.2) is 29.0 Å². The standard InChI is InChI=1S/C17H18N2O4S/c1-11-13(2-3-14(18-11)12-4-7-24-9-12)16(22)19-17(8-15(20)21)5-6-23-10-17/h2-4,7,9H,5-6,8,10H2,1H3,(H,19,22)(H,20,21). The zero-order valence-corrected chi connectivity index (χ0v) is 14.1. The topological polar surface area (TPSA) is 88.5 Å². The van der Waals surface area contributed by atoms with Crippen molar-refractivity contribution in [3.63, 3.8) is 0 Å². The van der Waals surface area contributed by atoms with E-state index in [1.807, 2.05) is 16.8 Å². The molecule has 2 N–H and O–H groups in total. The minimum atomic E-state index is -0.955. The molecule has 0 bridgehead atoms. The molecule has 1 amide bonds. The molecule has 0 aliphatic carbocycles. The fourth-order valence-corrected chi connectivity index (χ4v) is 3.51. The number of rotatable bonds is 5. The molecule has 0 saturated carbocycles. The molecule has 1 unspecified atom stereocenters. The summed E-state index contributed by atoms with van der Waals surface area (Å²) in [5.41, 5.74) is 2.05. The van der Waals surface area contributed by atoms with Crippen LogP contribution in [0, 0.1) is 6.92 Å². The first-order valence-corrected chi connectivity index (χ1v) is 8.56. The molecular weight excluding hydrogens is 328 g/mol. The number of amides is 1. The summed E-state index contributed by atoms with van der Waals surface area (Å²) in [6, 6.07) is 5.51. The van der Waals surface area contributed by atoms with Gasteiger partial charge in [-0.2, -0.15) is 11.3 Å². The number of aromatic nitrogens is 1. The maximum Gasteiger partial charge on any atom is 0.305 e. The average molecular weight is 346 g/mol. The normalized spacial score (nSPS) is 20.0. The number of aryl methyl sites for hydroxylation is 1. The minimum Gasteiger partial charge on any atom is -0.481 e. The minimum absolute atomic E-state index is 0.155. The van der Waals surface area contributed by atoms with Crippen molar-refractivity contribution in [1.29, 1.82) is 0 Å². The van der Waals surface area contributed by atoms with Gasteiger partial charge in [-0.25, -0.2) is 0 Å². The highest BCUT2D eigenvalue weighted by atomic mass is 32.1. The highest BCUT2D eigenvalue weighted by Crippen LogP contribution is 2.25. The largest absolute Gasteiger partial charge is 0.481 e. The van der Waals surface area contributed by atoms with E-state index in [1.165, 1.54) is 0 Å². The van der Waals surface area contributed by atoms with Crippen molar-refractivity contribution in [2.45, 2.75) is 25.3 Å². The lowest BCUT2D eigenvalue weighted by atomic mass is 9.93. The van der Waals surface area contributed by atoms with Crippen LogP contribution in [0.3, 0.4) is 0 Å². The van der Waals surface area contributed by atoms with Gasteiger partial charge in [0.2, 0.25) is 0 Å². The monoisotopic (exact) mass is 346 g/mol. The molecule has 7 heteroatoms.